The van der Waals surface area contributed by atoms with E-state index in [1.54, 1.807) is 36.4 Å². The van der Waals surface area contributed by atoms with Gasteiger partial charge in [0.25, 0.3) is 20.0 Å². The number of fused-ring (bicyclic) bond motifs is 2. The lowest BCUT2D eigenvalue weighted by Gasteiger charge is -2.16. The van der Waals surface area contributed by atoms with Crippen molar-refractivity contribution in [3.63, 3.8) is 0 Å². The number of anilines is 2. The van der Waals surface area contributed by atoms with Crippen LogP contribution in [-0.4, -0.2) is 62.4 Å². The van der Waals surface area contributed by atoms with Gasteiger partial charge in [-0.15, -0.1) is 0 Å². The van der Waals surface area contributed by atoms with E-state index in [1.807, 2.05) is 0 Å². The van der Waals surface area contributed by atoms with Gasteiger partial charge < -0.3 is 33.2 Å². The molecule has 23 heteroatoms. The zero-order chi connectivity index (χ0) is 51.3. The topological polar surface area (TPSA) is 183 Å². The minimum atomic E-state index is -4.85. The zero-order valence-corrected chi connectivity index (χ0v) is 41.6. The largest absolute Gasteiger partial charge is 0.493 e. The first kappa shape index (κ1) is 51.6. The number of aromatic nitrogens is 2. The van der Waals surface area contributed by atoms with Crippen LogP contribution < -0.4 is 42.6 Å². The van der Waals surface area contributed by atoms with Gasteiger partial charge in [0.1, 0.15) is 11.5 Å². The van der Waals surface area contributed by atoms with Crippen LogP contribution in [-0.2, 0) is 26.2 Å². The van der Waals surface area contributed by atoms with Gasteiger partial charge in [-0.1, -0.05) is 23.7 Å². The summed E-state index contributed by atoms with van der Waals surface area (Å²) in [5, 5.41) is 1.42. The number of rotatable bonds is 15. The molecule has 6 aromatic carbocycles. The van der Waals surface area contributed by atoms with Crippen molar-refractivity contribution in [3.05, 3.63) is 149 Å². The molecule has 71 heavy (non-hydrogen) atoms. The van der Waals surface area contributed by atoms with Crippen LogP contribution in [0, 0.1) is 5.82 Å². The molecule has 0 aliphatic rings. The molecule has 0 amide bonds. The average molecular weight is 1100 g/mol. The number of alkyl halides is 3. The SMILES string of the molecule is COc1cc2nccc(Oc3ccc(NS(=O)(=O)c4ccc(Br)c(Cl)c4)cc3F)c2cc1OC.COc1cc2nccc(Oc3ccc(NS(=O)(=O)c4ccccc4C(F)(F)F)cc3OC)c2cc1OC. The van der Waals surface area contributed by atoms with Gasteiger partial charge in [-0.05, 0) is 94.8 Å². The van der Waals surface area contributed by atoms with Crippen molar-refractivity contribution in [1.29, 1.82) is 0 Å². The lowest BCUT2D eigenvalue weighted by Crippen LogP contribution is -2.18. The van der Waals surface area contributed by atoms with Crippen LogP contribution >= 0.6 is 27.5 Å². The second kappa shape index (κ2) is 21.4. The molecule has 0 aliphatic carbocycles. The van der Waals surface area contributed by atoms with Crippen LogP contribution in [0.2, 0.25) is 5.02 Å². The number of nitrogens with one attached hydrogen (secondary N) is 2. The maximum absolute atomic E-state index is 14.8. The molecular formula is C48H38BrClF4N4O11S2. The first-order valence-corrected chi connectivity index (χ1v) is 24.4. The van der Waals surface area contributed by atoms with Crippen LogP contribution in [0.3, 0.4) is 0 Å². The fraction of sp³-hybridized carbons (Fsp3) is 0.125. The van der Waals surface area contributed by atoms with Crippen molar-refractivity contribution in [1.82, 2.24) is 9.97 Å². The van der Waals surface area contributed by atoms with E-state index in [0.717, 1.165) is 18.2 Å². The minimum Gasteiger partial charge on any atom is -0.493 e. The quantitative estimate of drug-likeness (QED) is 0.0926. The predicted molar refractivity (Wildman–Crippen MR) is 261 cm³/mol. The van der Waals surface area contributed by atoms with E-state index < -0.39 is 42.5 Å². The Morgan fingerprint density at radius 1 is 0.535 bits per heavy atom. The number of hydrogen-bond donors (Lipinski definition) is 2. The smallest absolute Gasteiger partial charge is 0.417 e. The van der Waals surface area contributed by atoms with Gasteiger partial charge in [0, 0.05) is 51.9 Å². The molecule has 0 fully saturated rings. The third kappa shape index (κ3) is 11.7. The van der Waals surface area contributed by atoms with E-state index in [4.69, 9.17) is 44.8 Å². The fourth-order valence-corrected chi connectivity index (χ4v) is 9.62. The van der Waals surface area contributed by atoms with Gasteiger partial charge in [-0.25, -0.2) is 21.2 Å². The molecule has 0 saturated carbocycles. The number of nitrogens with zero attached hydrogens (tertiary/aromatic N) is 2. The summed E-state index contributed by atoms with van der Waals surface area (Å²) in [6.45, 7) is 0. The minimum absolute atomic E-state index is 0.0211. The number of hydrogen-bond acceptors (Lipinski definition) is 13. The van der Waals surface area contributed by atoms with Crippen molar-refractivity contribution in [2.24, 2.45) is 0 Å². The summed E-state index contributed by atoms with van der Waals surface area (Å²) in [4.78, 5) is 7.65. The number of sulfonamides is 2. The summed E-state index contributed by atoms with van der Waals surface area (Å²) in [7, 11) is -1.18. The second-order valence-corrected chi connectivity index (χ2v) is 19.2. The summed E-state index contributed by atoms with van der Waals surface area (Å²) < 4.78 is 149. The number of benzene rings is 6. The molecule has 0 bridgehead atoms. The Balaban J connectivity index is 0.000000209. The molecule has 2 heterocycles. The molecule has 8 rings (SSSR count). The molecular weight excluding hydrogens is 1060 g/mol. The molecule has 0 unspecified atom stereocenters. The van der Waals surface area contributed by atoms with E-state index in [0.29, 0.717) is 66.8 Å². The van der Waals surface area contributed by atoms with Crippen molar-refractivity contribution < 1.29 is 67.6 Å². The lowest BCUT2D eigenvalue weighted by atomic mass is 10.1. The highest BCUT2D eigenvalue weighted by Gasteiger charge is 2.37. The standard InChI is InChI=1S/C25H21F3N2O6S.C23H17BrClFN2O5S/c1-33-21-12-15(30-37(31,32)24-7-5-4-6-17(24)25(26,27)28)8-9-20(21)36-19-10-11-29-18-14-23(35-3)22(34-2)13-16(18)19;1-31-22-11-15-19(12-23(22)32-2)27-8-7-20(15)33-21-6-3-13(9-18(21)26)28-34(29,30)14-4-5-16(24)17(25)10-14/h4-14,30H,1-3H3;3-12,28H,1-2H3. The summed E-state index contributed by atoms with van der Waals surface area (Å²) >= 11 is 9.20. The van der Waals surface area contributed by atoms with Crippen LogP contribution in [0.5, 0.6) is 51.7 Å². The number of pyridine rings is 2. The Labute approximate surface area is 417 Å². The Morgan fingerprint density at radius 3 is 1.54 bits per heavy atom. The number of halogens is 6. The van der Waals surface area contributed by atoms with Crippen LogP contribution in [0.1, 0.15) is 5.56 Å². The van der Waals surface area contributed by atoms with Crippen molar-refractivity contribution in [2.75, 3.05) is 45.0 Å². The van der Waals surface area contributed by atoms with Crippen LogP contribution in [0.15, 0.2) is 142 Å². The maximum atomic E-state index is 14.8. The van der Waals surface area contributed by atoms with Crippen LogP contribution in [0.4, 0.5) is 28.9 Å². The summed E-state index contributed by atoms with van der Waals surface area (Å²) in [6, 6.07) is 25.9. The first-order chi connectivity index (χ1) is 33.8. The number of methoxy groups -OCH3 is 5. The predicted octanol–water partition coefficient (Wildman–Crippen LogP) is 12.3. The van der Waals surface area contributed by atoms with Gasteiger partial charge in [0.05, 0.1) is 78.3 Å². The van der Waals surface area contributed by atoms with E-state index in [-0.39, 0.29) is 38.5 Å². The average Bonchev–Trinajstić information content (AvgIpc) is 3.35. The second-order valence-electron chi connectivity index (χ2n) is 14.6. The van der Waals surface area contributed by atoms with Gasteiger partial charge in [0.2, 0.25) is 0 Å². The molecule has 2 aromatic heterocycles. The molecule has 0 saturated heterocycles. The zero-order valence-electron chi connectivity index (χ0n) is 37.6. The highest BCUT2D eigenvalue weighted by atomic mass is 79.9. The fourth-order valence-electron chi connectivity index (χ4n) is 6.78. The van der Waals surface area contributed by atoms with Gasteiger partial charge in [-0.3, -0.25) is 19.4 Å². The summed E-state index contributed by atoms with van der Waals surface area (Å²) in [6.07, 6.45) is -1.79. The first-order valence-electron chi connectivity index (χ1n) is 20.3. The molecule has 8 aromatic rings. The van der Waals surface area contributed by atoms with Crippen molar-refractivity contribution in [2.45, 2.75) is 16.0 Å². The maximum Gasteiger partial charge on any atom is 0.417 e. The third-order valence-corrected chi connectivity index (χ3v) is 14.2. The van der Waals surface area contributed by atoms with Crippen LogP contribution in [0.25, 0.3) is 21.8 Å². The van der Waals surface area contributed by atoms with E-state index in [1.165, 1.54) is 103 Å². The molecule has 0 aliphatic heterocycles. The Hall–Kier alpha value is -7.27. The Morgan fingerprint density at radius 2 is 1.01 bits per heavy atom. The Kier molecular flexibility index (Phi) is 15.5. The summed E-state index contributed by atoms with van der Waals surface area (Å²) in [5.41, 5.74) is -0.136. The van der Waals surface area contributed by atoms with E-state index in [2.05, 4.69) is 35.3 Å². The number of ether oxygens (including phenoxy) is 7. The normalized spacial score (nSPS) is 11.5. The van der Waals surface area contributed by atoms with Gasteiger partial charge in [0.15, 0.2) is 46.1 Å². The Bertz CT molecular complexity index is 3520. The molecule has 370 valence electrons. The molecule has 15 nitrogen and oxygen atoms in total. The molecule has 0 radical (unpaired) electrons. The molecule has 0 atom stereocenters. The lowest BCUT2D eigenvalue weighted by molar-refractivity contribution is -0.139. The van der Waals surface area contributed by atoms with Gasteiger partial charge in [-0.2, -0.15) is 13.2 Å². The van der Waals surface area contributed by atoms with Crippen molar-refractivity contribution >= 4 is 80.8 Å². The highest BCUT2D eigenvalue weighted by Crippen LogP contribution is 2.42. The van der Waals surface area contributed by atoms with Crippen molar-refractivity contribution in [3.8, 4) is 51.7 Å². The molecule has 0 spiro atoms. The highest BCUT2D eigenvalue weighted by molar-refractivity contribution is 9.10. The monoisotopic (exact) mass is 1100 g/mol. The third-order valence-electron chi connectivity index (χ3n) is 10.1. The summed E-state index contributed by atoms with van der Waals surface area (Å²) in [5.74, 6) is 2.14. The van der Waals surface area contributed by atoms with E-state index >= 15 is 0 Å². The van der Waals surface area contributed by atoms with E-state index in [9.17, 15) is 34.4 Å². The molecule has 2 N–H and O–H groups in total. The van der Waals surface area contributed by atoms with Gasteiger partial charge >= 0.3 is 6.18 Å².